The van der Waals surface area contributed by atoms with Crippen molar-refractivity contribution in [1.29, 1.82) is 0 Å². The van der Waals surface area contributed by atoms with Gasteiger partial charge < -0.3 is 20.7 Å². The normalized spacial score (nSPS) is 19.8. The molecule has 1 aliphatic carbocycles. The highest BCUT2D eigenvalue weighted by Gasteiger charge is 2.34. The molecule has 0 spiro atoms. The highest BCUT2D eigenvalue weighted by atomic mass is 19.4. The van der Waals surface area contributed by atoms with E-state index in [2.05, 4.69) is 22.9 Å². The van der Waals surface area contributed by atoms with Crippen molar-refractivity contribution in [2.45, 2.75) is 51.8 Å². The minimum absolute atomic E-state index is 0.000727. The first kappa shape index (κ1) is 22.0. The number of alkyl halides is 3. The molecule has 0 bridgehead atoms. The summed E-state index contributed by atoms with van der Waals surface area (Å²) in [6.07, 6.45) is -0.0912. The van der Waals surface area contributed by atoms with E-state index < -0.39 is 23.7 Å². The molecule has 3 amide bonds. The number of nitrogens with one attached hydrogen (secondary N) is 3. The molecule has 2 atom stereocenters. The van der Waals surface area contributed by atoms with Crippen LogP contribution in [-0.4, -0.2) is 31.2 Å². The topological polar surface area (TPSA) is 79.5 Å². The van der Waals surface area contributed by atoms with Crippen LogP contribution in [0.1, 0.15) is 45.1 Å². The number of amides is 3. The Morgan fingerprint density at radius 2 is 1.89 bits per heavy atom. The fraction of sp³-hybridized carbons (Fsp3) is 0.579. The molecule has 1 aromatic rings. The standard InChI is InChI=1S/C19H26F3N3O3/c1-12-5-3-4-6-17(12)28-10-9-23-18(27)25-16-8-7-14(24-13(2)26)11-15(16)19(20,21)22/h7-8,11-12,17H,3-6,9-10H2,1-2H3,(H,24,26)(H2,23,25,27)/t12-,17+/m0/s1. The molecular weight excluding hydrogens is 375 g/mol. The van der Waals surface area contributed by atoms with Gasteiger partial charge in [-0.2, -0.15) is 13.2 Å². The molecule has 0 aliphatic heterocycles. The molecule has 28 heavy (non-hydrogen) atoms. The van der Waals surface area contributed by atoms with Crippen LogP contribution in [0.25, 0.3) is 0 Å². The quantitative estimate of drug-likeness (QED) is 0.619. The Labute approximate surface area is 162 Å². The molecule has 0 saturated heterocycles. The molecule has 0 radical (unpaired) electrons. The van der Waals surface area contributed by atoms with Gasteiger partial charge in [-0.1, -0.05) is 19.8 Å². The molecule has 0 unspecified atom stereocenters. The van der Waals surface area contributed by atoms with Crippen molar-refractivity contribution in [1.82, 2.24) is 5.32 Å². The first-order valence-corrected chi connectivity index (χ1v) is 9.32. The summed E-state index contributed by atoms with van der Waals surface area (Å²) in [6, 6.07) is 2.43. The van der Waals surface area contributed by atoms with E-state index in [4.69, 9.17) is 4.74 Å². The van der Waals surface area contributed by atoms with Crippen molar-refractivity contribution in [3.63, 3.8) is 0 Å². The number of rotatable bonds is 6. The van der Waals surface area contributed by atoms with E-state index in [1.165, 1.54) is 19.4 Å². The summed E-state index contributed by atoms with van der Waals surface area (Å²) >= 11 is 0. The lowest BCUT2D eigenvalue weighted by molar-refractivity contribution is -0.137. The van der Waals surface area contributed by atoms with E-state index in [1.807, 2.05) is 0 Å². The second-order valence-electron chi connectivity index (χ2n) is 6.99. The zero-order chi connectivity index (χ0) is 20.7. The van der Waals surface area contributed by atoms with Crippen molar-refractivity contribution in [3.8, 4) is 0 Å². The van der Waals surface area contributed by atoms with E-state index >= 15 is 0 Å². The Bertz CT molecular complexity index is 695. The molecule has 156 valence electrons. The smallest absolute Gasteiger partial charge is 0.376 e. The number of carbonyl (C=O) groups is 2. The van der Waals surface area contributed by atoms with Gasteiger partial charge in [-0.25, -0.2) is 4.79 Å². The van der Waals surface area contributed by atoms with Crippen LogP contribution in [-0.2, 0) is 15.7 Å². The molecule has 3 N–H and O–H groups in total. The number of hydrogen-bond acceptors (Lipinski definition) is 3. The fourth-order valence-electron chi connectivity index (χ4n) is 3.24. The first-order chi connectivity index (χ1) is 13.2. The number of halogens is 3. The third kappa shape index (κ3) is 6.70. The van der Waals surface area contributed by atoms with Crippen LogP contribution in [0.2, 0.25) is 0 Å². The van der Waals surface area contributed by atoms with Crippen molar-refractivity contribution in [2.24, 2.45) is 5.92 Å². The highest BCUT2D eigenvalue weighted by Crippen LogP contribution is 2.36. The lowest BCUT2D eigenvalue weighted by atomic mass is 9.88. The minimum Gasteiger partial charge on any atom is -0.376 e. The summed E-state index contributed by atoms with van der Waals surface area (Å²) in [4.78, 5) is 23.0. The summed E-state index contributed by atoms with van der Waals surface area (Å²) in [6.45, 7) is 3.83. The van der Waals surface area contributed by atoms with Crippen LogP contribution in [0, 0.1) is 5.92 Å². The highest BCUT2D eigenvalue weighted by molar-refractivity contribution is 5.92. The molecule has 1 aromatic carbocycles. The van der Waals surface area contributed by atoms with Crippen molar-refractivity contribution < 1.29 is 27.5 Å². The molecule has 1 aliphatic rings. The van der Waals surface area contributed by atoms with E-state index in [-0.39, 0.29) is 24.0 Å². The lowest BCUT2D eigenvalue weighted by Gasteiger charge is -2.28. The monoisotopic (exact) mass is 401 g/mol. The number of ether oxygens (including phenoxy) is 1. The van der Waals surface area contributed by atoms with E-state index in [0.717, 1.165) is 31.4 Å². The van der Waals surface area contributed by atoms with Gasteiger partial charge >= 0.3 is 12.2 Å². The summed E-state index contributed by atoms with van der Waals surface area (Å²) in [7, 11) is 0. The Hall–Kier alpha value is -2.29. The SMILES string of the molecule is CC(=O)Nc1ccc(NC(=O)NCCO[C@@H]2CCCC[C@@H]2C)c(C(F)(F)F)c1. The predicted molar refractivity (Wildman–Crippen MR) is 100 cm³/mol. The van der Waals surface area contributed by atoms with Crippen LogP contribution in [0.4, 0.5) is 29.3 Å². The van der Waals surface area contributed by atoms with Crippen LogP contribution in [0.3, 0.4) is 0 Å². The van der Waals surface area contributed by atoms with Gasteiger partial charge in [0.25, 0.3) is 0 Å². The average molecular weight is 401 g/mol. The molecule has 0 heterocycles. The van der Waals surface area contributed by atoms with Gasteiger partial charge in [0.1, 0.15) is 0 Å². The maximum atomic E-state index is 13.3. The number of benzene rings is 1. The number of anilines is 2. The van der Waals surface area contributed by atoms with Gasteiger partial charge in [-0.3, -0.25) is 4.79 Å². The van der Waals surface area contributed by atoms with Gasteiger partial charge in [0.15, 0.2) is 0 Å². The van der Waals surface area contributed by atoms with Crippen LogP contribution >= 0.6 is 0 Å². The largest absolute Gasteiger partial charge is 0.418 e. The Kier molecular flexibility index (Phi) is 7.68. The third-order valence-corrected chi connectivity index (χ3v) is 4.65. The zero-order valence-electron chi connectivity index (χ0n) is 16.0. The number of urea groups is 1. The maximum Gasteiger partial charge on any atom is 0.418 e. The molecule has 2 rings (SSSR count). The van der Waals surface area contributed by atoms with E-state index in [9.17, 15) is 22.8 Å². The second-order valence-corrected chi connectivity index (χ2v) is 6.99. The van der Waals surface area contributed by atoms with Crippen molar-refractivity contribution in [2.75, 3.05) is 23.8 Å². The van der Waals surface area contributed by atoms with E-state index in [1.54, 1.807) is 0 Å². The molecule has 1 saturated carbocycles. The first-order valence-electron chi connectivity index (χ1n) is 9.32. The number of carbonyl (C=O) groups excluding carboxylic acids is 2. The molecule has 1 fully saturated rings. The fourth-order valence-corrected chi connectivity index (χ4v) is 3.24. The maximum absolute atomic E-state index is 13.3. The predicted octanol–water partition coefficient (Wildman–Crippen LogP) is 4.38. The van der Waals surface area contributed by atoms with Gasteiger partial charge in [0.2, 0.25) is 5.91 Å². The Morgan fingerprint density at radius 3 is 2.54 bits per heavy atom. The van der Waals surface area contributed by atoms with Crippen LogP contribution in [0.5, 0.6) is 0 Å². The minimum atomic E-state index is -4.68. The molecular formula is C19H26F3N3O3. The van der Waals surface area contributed by atoms with E-state index in [0.29, 0.717) is 12.5 Å². The van der Waals surface area contributed by atoms with Crippen molar-refractivity contribution in [3.05, 3.63) is 23.8 Å². The summed E-state index contributed by atoms with van der Waals surface area (Å²) in [5.41, 5.74) is -1.43. The van der Waals surface area contributed by atoms with Crippen LogP contribution in [0.15, 0.2) is 18.2 Å². The van der Waals surface area contributed by atoms with Crippen LogP contribution < -0.4 is 16.0 Å². The van der Waals surface area contributed by atoms with Gasteiger partial charge in [-0.15, -0.1) is 0 Å². The molecule has 0 aromatic heterocycles. The lowest BCUT2D eigenvalue weighted by Crippen LogP contribution is -2.34. The van der Waals surface area contributed by atoms with Crippen molar-refractivity contribution >= 4 is 23.3 Å². The Morgan fingerprint density at radius 1 is 1.18 bits per heavy atom. The molecule has 6 nitrogen and oxygen atoms in total. The van der Waals surface area contributed by atoms with Gasteiger partial charge in [0, 0.05) is 19.2 Å². The van der Waals surface area contributed by atoms with Gasteiger partial charge in [0.05, 0.1) is 24.0 Å². The summed E-state index contributed by atoms with van der Waals surface area (Å²) < 4.78 is 45.5. The zero-order valence-corrected chi connectivity index (χ0v) is 16.0. The summed E-state index contributed by atoms with van der Waals surface area (Å²) in [5, 5.41) is 7.00. The number of hydrogen-bond donors (Lipinski definition) is 3. The third-order valence-electron chi connectivity index (χ3n) is 4.65. The Balaban J connectivity index is 1.89. The second kappa shape index (κ2) is 9.77. The average Bonchev–Trinajstić information content (AvgIpc) is 2.60. The van der Waals surface area contributed by atoms with Gasteiger partial charge in [-0.05, 0) is 37.0 Å². The molecule has 9 heteroatoms. The summed E-state index contributed by atoms with van der Waals surface area (Å²) in [5.74, 6) is -0.0158.